The van der Waals surface area contributed by atoms with Crippen LogP contribution in [0.3, 0.4) is 0 Å². The third kappa shape index (κ3) is 4.03. The molecule has 1 aliphatic rings. The molecule has 0 bridgehead atoms. The van der Waals surface area contributed by atoms with Gasteiger partial charge in [0.15, 0.2) is 0 Å². The number of amides is 2. The van der Waals surface area contributed by atoms with Gasteiger partial charge in [0.05, 0.1) is 13.2 Å². The van der Waals surface area contributed by atoms with Gasteiger partial charge in [0, 0.05) is 11.3 Å². The van der Waals surface area contributed by atoms with Crippen molar-refractivity contribution in [2.24, 2.45) is 0 Å². The van der Waals surface area contributed by atoms with E-state index in [9.17, 15) is 9.59 Å². The van der Waals surface area contributed by atoms with E-state index in [2.05, 4.69) is 10.6 Å². The molecule has 0 saturated carbocycles. The van der Waals surface area contributed by atoms with Crippen LogP contribution in [0.5, 0.6) is 5.75 Å². The Morgan fingerprint density at radius 1 is 1.41 bits per heavy atom. The third-order valence-corrected chi connectivity index (χ3v) is 2.92. The Bertz CT molecular complexity index is 580. The Morgan fingerprint density at radius 2 is 2.14 bits per heavy atom. The molecule has 1 aliphatic heterocycles. The molecule has 22 heavy (non-hydrogen) atoms. The van der Waals surface area contributed by atoms with Crippen LogP contribution >= 0.6 is 0 Å². The minimum atomic E-state index is -0.577. The van der Waals surface area contributed by atoms with Crippen molar-refractivity contribution in [3.8, 4) is 5.75 Å². The predicted molar refractivity (Wildman–Crippen MR) is 80.1 cm³/mol. The van der Waals surface area contributed by atoms with Crippen molar-refractivity contribution in [3.63, 3.8) is 0 Å². The molecule has 0 radical (unpaired) electrons. The zero-order chi connectivity index (χ0) is 16.3. The van der Waals surface area contributed by atoms with E-state index >= 15 is 0 Å². The summed E-state index contributed by atoms with van der Waals surface area (Å²) in [5.41, 5.74) is 0.695. The van der Waals surface area contributed by atoms with Crippen LogP contribution in [0.4, 0.5) is 15.3 Å². The maximum atomic E-state index is 11.8. The van der Waals surface area contributed by atoms with Crippen LogP contribution < -0.4 is 15.4 Å². The van der Waals surface area contributed by atoms with Crippen molar-refractivity contribution in [1.82, 2.24) is 5.32 Å². The highest BCUT2D eigenvalue weighted by atomic mass is 16.6. The van der Waals surface area contributed by atoms with Crippen molar-refractivity contribution in [2.75, 3.05) is 19.0 Å². The monoisotopic (exact) mass is 308 g/mol. The number of benzene rings is 1. The molecule has 7 nitrogen and oxygen atoms in total. The molecule has 1 heterocycles. The third-order valence-electron chi connectivity index (χ3n) is 2.92. The first-order valence-electron chi connectivity index (χ1n) is 6.90. The first kappa shape index (κ1) is 15.9. The summed E-state index contributed by atoms with van der Waals surface area (Å²) in [5.74, 6) is 0.602. The molecule has 1 saturated heterocycles. The highest BCUT2D eigenvalue weighted by Gasteiger charge is 2.27. The number of cyclic esters (lactones) is 1. The topological polar surface area (TPSA) is 85.9 Å². The Balaban J connectivity index is 2.16. The summed E-state index contributed by atoms with van der Waals surface area (Å²) in [5, 5.41) is 5.33. The molecule has 1 unspecified atom stereocenters. The molecule has 1 aromatic rings. The number of hydrogen-bond acceptors (Lipinski definition) is 5. The molecule has 2 N–H and O–H groups in total. The average Bonchev–Trinajstić information content (AvgIpc) is 2.83. The van der Waals surface area contributed by atoms with Gasteiger partial charge in [0.25, 0.3) is 0 Å². The number of alkyl carbamates (subject to hydrolysis) is 1. The van der Waals surface area contributed by atoms with Gasteiger partial charge in [-0.3, -0.25) is 5.32 Å². The largest absolute Gasteiger partial charge is 0.496 e. The summed E-state index contributed by atoms with van der Waals surface area (Å²) in [6.07, 6.45) is -1.02. The summed E-state index contributed by atoms with van der Waals surface area (Å²) in [4.78, 5) is 23.0. The van der Waals surface area contributed by atoms with E-state index < -0.39 is 17.8 Å². The maximum Gasteiger partial charge on any atom is 0.412 e. The lowest BCUT2D eigenvalue weighted by atomic mass is 10.1. The smallest absolute Gasteiger partial charge is 0.412 e. The van der Waals surface area contributed by atoms with E-state index in [0.717, 1.165) is 5.56 Å². The Kier molecular flexibility index (Phi) is 4.44. The molecular weight excluding hydrogens is 288 g/mol. The van der Waals surface area contributed by atoms with Crippen LogP contribution in [0, 0.1) is 0 Å². The fourth-order valence-electron chi connectivity index (χ4n) is 2.06. The number of rotatable bonds is 3. The van der Waals surface area contributed by atoms with Crippen molar-refractivity contribution >= 4 is 17.9 Å². The van der Waals surface area contributed by atoms with Gasteiger partial charge < -0.3 is 19.5 Å². The first-order chi connectivity index (χ1) is 10.3. The molecule has 0 aliphatic carbocycles. The van der Waals surface area contributed by atoms with E-state index in [-0.39, 0.29) is 12.6 Å². The summed E-state index contributed by atoms with van der Waals surface area (Å²) < 4.78 is 15.4. The minimum Gasteiger partial charge on any atom is -0.496 e. The lowest BCUT2D eigenvalue weighted by Gasteiger charge is -2.20. The van der Waals surface area contributed by atoms with E-state index in [1.807, 2.05) is 0 Å². The minimum absolute atomic E-state index is 0.213. The van der Waals surface area contributed by atoms with Gasteiger partial charge in [-0.25, -0.2) is 9.59 Å². The molecular formula is C15H20N2O5. The number of nitrogens with one attached hydrogen (secondary N) is 2. The van der Waals surface area contributed by atoms with Crippen molar-refractivity contribution in [3.05, 3.63) is 23.8 Å². The zero-order valence-electron chi connectivity index (χ0n) is 13.1. The number of carbonyl (C=O) groups is 2. The van der Waals surface area contributed by atoms with Gasteiger partial charge in [-0.2, -0.15) is 0 Å². The van der Waals surface area contributed by atoms with Crippen molar-refractivity contribution in [2.45, 2.75) is 32.4 Å². The Hall–Kier alpha value is -2.44. The highest BCUT2D eigenvalue weighted by Crippen LogP contribution is 2.30. The van der Waals surface area contributed by atoms with Crippen LogP contribution in [0.15, 0.2) is 18.2 Å². The van der Waals surface area contributed by atoms with Crippen molar-refractivity contribution < 1.29 is 23.8 Å². The second-order valence-electron chi connectivity index (χ2n) is 5.88. The van der Waals surface area contributed by atoms with Gasteiger partial charge in [-0.05, 0) is 39.0 Å². The fourth-order valence-corrected chi connectivity index (χ4v) is 2.06. The quantitative estimate of drug-likeness (QED) is 0.896. The highest BCUT2D eigenvalue weighted by molar-refractivity contribution is 5.85. The van der Waals surface area contributed by atoms with Crippen LogP contribution in [-0.4, -0.2) is 31.5 Å². The van der Waals surface area contributed by atoms with Gasteiger partial charge in [-0.15, -0.1) is 0 Å². The SMILES string of the molecule is COc1ccc(NC(=O)OC(C)(C)C)cc1C1COC(=O)N1. The van der Waals surface area contributed by atoms with E-state index in [1.165, 1.54) is 7.11 Å². The van der Waals surface area contributed by atoms with E-state index in [1.54, 1.807) is 39.0 Å². The molecule has 2 amide bonds. The second kappa shape index (κ2) is 6.13. The lowest BCUT2D eigenvalue weighted by molar-refractivity contribution is 0.0636. The Labute approximate surface area is 128 Å². The Morgan fingerprint density at radius 3 is 2.68 bits per heavy atom. The first-order valence-corrected chi connectivity index (χ1v) is 6.90. The summed E-state index contributed by atoms with van der Waals surface area (Å²) in [6, 6.07) is 4.82. The number of anilines is 1. The number of methoxy groups -OCH3 is 1. The second-order valence-corrected chi connectivity index (χ2v) is 5.88. The molecule has 120 valence electrons. The van der Waals surface area contributed by atoms with Gasteiger partial charge in [-0.1, -0.05) is 0 Å². The van der Waals surface area contributed by atoms with E-state index in [0.29, 0.717) is 11.4 Å². The van der Waals surface area contributed by atoms with Gasteiger partial charge >= 0.3 is 12.2 Å². The maximum absolute atomic E-state index is 11.8. The number of ether oxygens (including phenoxy) is 3. The standard InChI is InChI=1S/C15H20N2O5/c1-15(2,3)22-14(19)16-9-5-6-12(20-4)10(7-9)11-8-21-13(18)17-11/h5-7,11H,8H2,1-4H3,(H,16,19)(H,17,18). The molecule has 7 heteroatoms. The molecule has 1 atom stereocenters. The normalized spacial score (nSPS) is 17.5. The molecule has 1 fully saturated rings. The molecule has 2 rings (SSSR count). The van der Waals surface area contributed by atoms with Crippen LogP contribution in [0.25, 0.3) is 0 Å². The van der Waals surface area contributed by atoms with E-state index in [4.69, 9.17) is 14.2 Å². The molecule has 1 aromatic carbocycles. The molecule has 0 aromatic heterocycles. The average molecular weight is 308 g/mol. The van der Waals surface area contributed by atoms with Crippen LogP contribution in [0.1, 0.15) is 32.4 Å². The molecule has 0 spiro atoms. The summed E-state index contributed by atoms with van der Waals surface area (Å²) in [6.45, 7) is 5.58. The summed E-state index contributed by atoms with van der Waals surface area (Å²) >= 11 is 0. The zero-order valence-corrected chi connectivity index (χ0v) is 13.1. The fraction of sp³-hybridized carbons (Fsp3) is 0.467. The number of hydrogen-bond donors (Lipinski definition) is 2. The van der Waals surface area contributed by atoms with Crippen LogP contribution in [-0.2, 0) is 9.47 Å². The summed E-state index contributed by atoms with van der Waals surface area (Å²) in [7, 11) is 1.54. The van der Waals surface area contributed by atoms with Crippen molar-refractivity contribution in [1.29, 1.82) is 0 Å². The van der Waals surface area contributed by atoms with Crippen LogP contribution in [0.2, 0.25) is 0 Å². The lowest BCUT2D eigenvalue weighted by Crippen LogP contribution is -2.27. The van der Waals surface area contributed by atoms with Gasteiger partial charge in [0.1, 0.15) is 18.0 Å². The number of carbonyl (C=O) groups excluding carboxylic acids is 2. The van der Waals surface area contributed by atoms with Gasteiger partial charge in [0.2, 0.25) is 0 Å². The predicted octanol–water partition coefficient (Wildman–Crippen LogP) is 2.82.